The molecule has 4 aromatic rings. The number of aryl methyl sites for hydroxylation is 1. The molecule has 0 radical (unpaired) electrons. The number of carbonyl (C=O) groups excluding carboxylic acids is 1. The van der Waals surface area contributed by atoms with E-state index >= 15 is 0 Å². The van der Waals surface area contributed by atoms with Gasteiger partial charge in [-0.2, -0.15) is 0 Å². The third kappa shape index (κ3) is 5.58. The maximum atomic E-state index is 12.9. The summed E-state index contributed by atoms with van der Waals surface area (Å²) in [7, 11) is 0. The Labute approximate surface area is 210 Å². The molecule has 1 heterocycles. The van der Waals surface area contributed by atoms with Crippen LogP contribution in [0.3, 0.4) is 0 Å². The topological polar surface area (TPSA) is 44.1 Å². The first-order chi connectivity index (χ1) is 16.2. The molecule has 0 aliphatic rings. The van der Waals surface area contributed by atoms with E-state index in [1.807, 2.05) is 45.0 Å². The second kappa shape index (κ2) is 10.1. The summed E-state index contributed by atoms with van der Waals surface area (Å²) in [6, 6.07) is 22.5. The molecule has 5 heteroatoms. The number of para-hydroxylation sites is 2. The van der Waals surface area contributed by atoms with Crippen molar-refractivity contribution < 1.29 is 9.53 Å². The van der Waals surface area contributed by atoms with E-state index in [1.165, 1.54) is 5.56 Å². The SMILES string of the molecule is CCCCc1nc2ccccc2n1Cc1ccc(-c2ccc(Br)cc2C(=O)OC(C)(C)C)cc1. The van der Waals surface area contributed by atoms with Gasteiger partial charge in [0, 0.05) is 17.4 Å². The molecule has 0 aliphatic heterocycles. The highest BCUT2D eigenvalue weighted by molar-refractivity contribution is 9.10. The van der Waals surface area contributed by atoms with Crippen LogP contribution in [0.2, 0.25) is 0 Å². The number of carbonyl (C=O) groups is 1. The summed E-state index contributed by atoms with van der Waals surface area (Å²) in [4.78, 5) is 17.8. The lowest BCUT2D eigenvalue weighted by molar-refractivity contribution is 0.00703. The zero-order chi connectivity index (χ0) is 24.3. The predicted molar refractivity (Wildman–Crippen MR) is 142 cm³/mol. The van der Waals surface area contributed by atoms with Crippen molar-refractivity contribution in [3.8, 4) is 11.1 Å². The fourth-order valence-electron chi connectivity index (χ4n) is 4.07. The van der Waals surface area contributed by atoms with Gasteiger partial charge in [0.25, 0.3) is 0 Å². The summed E-state index contributed by atoms with van der Waals surface area (Å²) in [6.07, 6.45) is 3.24. The Kier molecular flexibility index (Phi) is 7.22. The van der Waals surface area contributed by atoms with E-state index in [-0.39, 0.29) is 5.97 Å². The summed E-state index contributed by atoms with van der Waals surface area (Å²) < 4.78 is 8.82. The molecule has 0 N–H and O–H groups in total. The van der Waals surface area contributed by atoms with Crippen molar-refractivity contribution in [2.75, 3.05) is 0 Å². The van der Waals surface area contributed by atoms with E-state index in [0.29, 0.717) is 5.56 Å². The summed E-state index contributed by atoms with van der Waals surface area (Å²) >= 11 is 3.49. The number of benzene rings is 3. The molecule has 3 aromatic carbocycles. The first kappa shape index (κ1) is 24.2. The van der Waals surface area contributed by atoms with E-state index in [0.717, 1.165) is 58.3 Å². The van der Waals surface area contributed by atoms with Crippen molar-refractivity contribution in [1.29, 1.82) is 0 Å². The Balaban J connectivity index is 1.64. The molecule has 0 bridgehead atoms. The van der Waals surface area contributed by atoms with Gasteiger partial charge in [-0.05, 0) is 68.1 Å². The lowest BCUT2D eigenvalue weighted by Crippen LogP contribution is -2.24. The van der Waals surface area contributed by atoms with Crippen LogP contribution in [0.5, 0.6) is 0 Å². The number of nitrogens with zero attached hydrogens (tertiary/aromatic N) is 2. The first-order valence-corrected chi connectivity index (χ1v) is 12.6. The number of halogens is 1. The molecule has 176 valence electrons. The zero-order valence-electron chi connectivity index (χ0n) is 20.3. The number of esters is 1. The Morgan fingerprint density at radius 1 is 1.03 bits per heavy atom. The zero-order valence-corrected chi connectivity index (χ0v) is 21.9. The van der Waals surface area contributed by atoms with Crippen LogP contribution in [0.4, 0.5) is 0 Å². The van der Waals surface area contributed by atoms with Crippen LogP contribution in [0.1, 0.15) is 62.3 Å². The summed E-state index contributed by atoms with van der Waals surface area (Å²) in [5, 5.41) is 0. The molecular formula is C29H31BrN2O2. The van der Waals surface area contributed by atoms with E-state index in [1.54, 1.807) is 0 Å². The molecule has 0 saturated heterocycles. The minimum absolute atomic E-state index is 0.321. The van der Waals surface area contributed by atoms with Crippen LogP contribution in [-0.2, 0) is 17.7 Å². The normalized spacial score (nSPS) is 11.7. The molecule has 0 saturated carbocycles. The number of hydrogen-bond acceptors (Lipinski definition) is 3. The lowest BCUT2D eigenvalue weighted by atomic mass is 9.98. The van der Waals surface area contributed by atoms with Crippen LogP contribution < -0.4 is 0 Å². The van der Waals surface area contributed by atoms with E-state index in [2.05, 4.69) is 69.9 Å². The van der Waals surface area contributed by atoms with Crippen molar-refractivity contribution in [2.24, 2.45) is 0 Å². The standard InChI is InChI=1S/C29H31BrN2O2/c1-5-6-11-27-31-25-9-7-8-10-26(25)32(27)19-20-12-14-21(15-13-20)23-17-16-22(30)18-24(23)28(33)34-29(2,3)4/h7-10,12-18H,5-6,11,19H2,1-4H3. The highest BCUT2D eigenvalue weighted by Gasteiger charge is 2.21. The molecule has 0 fully saturated rings. The maximum absolute atomic E-state index is 12.9. The van der Waals surface area contributed by atoms with Crippen LogP contribution in [0.25, 0.3) is 22.2 Å². The minimum atomic E-state index is -0.552. The van der Waals surface area contributed by atoms with Crippen LogP contribution in [0.15, 0.2) is 71.2 Å². The van der Waals surface area contributed by atoms with Crippen molar-refractivity contribution in [2.45, 2.75) is 59.1 Å². The molecule has 1 aromatic heterocycles. The van der Waals surface area contributed by atoms with Crippen molar-refractivity contribution in [3.63, 3.8) is 0 Å². The third-order valence-corrected chi connectivity index (χ3v) is 6.19. The molecule has 0 aliphatic carbocycles. The predicted octanol–water partition coefficient (Wildman–Crippen LogP) is 7.81. The maximum Gasteiger partial charge on any atom is 0.339 e. The monoisotopic (exact) mass is 518 g/mol. The van der Waals surface area contributed by atoms with Gasteiger partial charge in [0.05, 0.1) is 16.6 Å². The first-order valence-electron chi connectivity index (χ1n) is 11.8. The Morgan fingerprint density at radius 2 is 1.76 bits per heavy atom. The largest absolute Gasteiger partial charge is 0.456 e. The van der Waals surface area contributed by atoms with Gasteiger partial charge in [0.15, 0.2) is 0 Å². The van der Waals surface area contributed by atoms with Crippen LogP contribution in [-0.4, -0.2) is 21.1 Å². The van der Waals surface area contributed by atoms with Gasteiger partial charge in [-0.1, -0.05) is 71.7 Å². The third-order valence-electron chi connectivity index (χ3n) is 5.69. The van der Waals surface area contributed by atoms with Crippen LogP contribution >= 0.6 is 15.9 Å². The van der Waals surface area contributed by atoms with E-state index < -0.39 is 5.60 Å². The fraction of sp³-hybridized carbons (Fsp3) is 0.310. The molecule has 4 rings (SSSR count). The molecule has 34 heavy (non-hydrogen) atoms. The van der Waals surface area contributed by atoms with E-state index in [9.17, 15) is 4.79 Å². The van der Waals surface area contributed by atoms with Crippen LogP contribution in [0, 0.1) is 0 Å². The number of ether oxygens (including phenoxy) is 1. The average molecular weight is 519 g/mol. The van der Waals surface area contributed by atoms with Gasteiger partial charge < -0.3 is 9.30 Å². The van der Waals surface area contributed by atoms with Crippen molar-refractivity contribution in [1.82, 2.24) is 9.55 Å². The summed E-state index contributed by atoms with van der Waals surface area (Å²) in [5.41, 5.74) is 5.25. The second-order valence-corrected chi connectivity index (χ2v) is 10.5. The van der Waals surface area contributed by atoms with Gasteiger partial charge in [-0.3, -0.25) is 0 Å². The quantitative estimate of drug-likeness (QED) is 0.234. The summed E-state index contributed by atoms with van der Waals surface area (Å²) in [5.74, 6) is 0.811. The second-order valence-electron chi connectivity index (χ2n) is 9.60. The Hall–Kier alpha value is -2.92. The van der Waals surface area contributed by atoms with Gasteiger partial charge in [-0.25, -0.2) is 9.78 Å². The van der Waals surface area contributed by atoms with E-state index in [4.69, 9.17) is 9.72 Å². The number of fused-ring (bicyclic) bond motifs is 1. The Morgan fingerprint density at radius 3 is 2.47 bits per heavy atom. The van der Waals surface area contributed by atoms with Crippen molar-refractivity contribution >= 4 is 32.9 Å². The number of unbranched alkanes of at least 4 members (excludes halogenated alkanes) is 1. The van der Waals surface area contributed by atoms with Gasteiger partial charge in [0.1, 0.15) is 11.4 Å². The number of aromatic nitrogens is 2. The number of imidazole rings is 1. The smallest absolute Gasteiger partial charge is 0.339 e. The molecule has 0 atom stereocenters. The number of rotatable bonds is 7. The minimum Gasteiger partial charge on any atom is -0.456 e. The molecule has 0 spiro atoms. The lowest BCUT2D eigenvalue weighted by Gasteiger charge is -2.21. The highest BCUT2D eigenvalue weighted by Crippen LogP contribution is 2.29. The van der Waals surface area contributed by atoms with Gasteiger partial charge in [0.2, 0.25) is 0 Å². The highest BCUT2D eigenvalue weighted by atomic mass is 79.9. The van der Waals surface area contributed by atoms with Gasteiger partial charge >= 0.3 is 5.97 Å². The fourth-order valence-corrected chi connectivity index (χ4v) is 4.43. The average Bonchev–Trinajstić information content (AvgIpc) is 3.14. The molecular weight excluding hydrogens is 488 g/mol. The molecule has 4 nitrogen and oxygen atoms in total. The molecule has 0 unspecified atom stereocenters. The number of hydrogen-bond donors (Lipinski definition) is 0. The van der Waals surface area contributed by atoms with Crippen molar-refractivity contribution in [3.05, 3.63) is 88.2 Å². The Bertz CT molecular complexity index is 1300. The van der Waals surface area contributed by atoms with Gasteiger partial charge in [-0.15, -0.1) is 0 Å². The summed E-state index contributed by atoms with van der Waals surface area (Å²) in [6.45, 7) is 8.61. The molecule has 0 amide bonds.